The van der Waals surface area contributed by atoms with E-state index in [0.717, 1.165) is 8.87 Å². The normalized spacial score (nSPS) is 11.0. The van der Waals surface area contributed by atoms with Gasteiger partial charge in [-0.3, -0.25) is 0 Å². The van der Waals surface area contributed by atoms with Gasteiger partial charge in [0, 0.05) is 0 Å². The second kappa shape index (κ2) is 5.28. The average Bonchev–Trinajstić information content (AvgIpc) is 1.58. The molecule has 0 aliphatic heterocycles. The van der Waals surface area contributed by atoms with E-state index in [1.165, 1.54) is 0 Å². The molecule has 0 N–H and O–H groups in total. The van der Waals surface area contributed by atoms with Crippen molar-refractivity contribution >= 4 is 19.7 Å². The van der Waals surface area contributed by atoms with Crippen LogP contribution in [0.25, 0.3) is 0 Å². The summed E-state index contributed by atoms with van der Waals surface area (Å²) in [6, 6.07) is 0. The van der Waals surface area contributed by atoms with Crippen LogP contribution in [0, 0.1) is 11.8 Å². The SMILES string of the molecule is CC(C)[CH2][Sn](=[O])[CH2]C(C)C. The van der Waals surface area contributed by atoms with E-state index in [2.05, 4.69) is 27.7 Å². The molecule has 0 bridgehead atoms. The Hall–Kier alpha value is 0.599. The van der Waals surface area contributed by atoms with E-state index >= 15 is 0 Å². The Morgan fingerprint density at radius 2 is 1.30 bits per heavy atom. The number of hydrogen-bond donors (Lipinski definition) is 0. The summed E-state index contributed by atoms with van der Waals surface area (Å²) in [5.74, 6) is 1.29. The van der Waals surface area contributed by atoms with Crippen LogP contribution in [-0.4, -0.2) is 19.7 Å². The van der Waals surface area contributed by atoms with Gasteiger partial charge >= 0.3 is 71.2 Å². The van der Waals surface area contributed by atoms with E-state index in [-0.39, 0.29) is 0 Å². The zero-order valence-electron chi connectivity index (χ0n) is 7.48. The van der Waals surface area contributed by atoms with Crippen LogP contribution in [0.15, 0.2) is 0 Å². The molecule has 1 nitrogen and oxygen atoms in total. The van der Waals surface area contributed by atoms with Gasteiger partial charge in [0.15, 0.2) is 0 Å². The van der Waals surface area contributed by atoms with Gasteiger partial charge in [0.25, 0.3) is 0 Å². The Balaban J connectivity index is 3.44. The van der Waals surface area contributed by atoms with E-state index in [1.807, 2.05) is 0 Å². The summed E-state index contributed by atoms with van der Waals surface area (Å²) in [5, 5.41) is 0. The van der Waals surface area contributed by atoms with Crippen LogP contribution in [0.5, 0.6) is 0 Å². The van der Waals surface area contributed by atoms with Crippen molar-refractivity contribution < 1.29 is 3.08 Å². The maximum atomic E-state index is 11.3. The summed E-state index contributed by atoms with van der Waals surface area (Å²) >= 11 is -2.08. The van der Waals surface area contributed by atoms with Crippen LogP contribution < -0.4 is 0 Å². The van der Waals surface area contributed by atoms with Crippen LogP contribution in [0.4, 0.5) is 0 Å². The summed E-state index contributed by atoms with van der Waals surface area (Å²) in [7, 11) is 0. The second-order valence-corrected chi connectivity index (χ2v) is 9.14. The Bertz CT molecular complexity index is 95.8. The third-order valence-electron chi connectivity index (χ3n) is 1.27. The third kappa shape index (κ3) is 6.71. The van der Waals surface area contributed by atoms with Gasteiger partial charge in [-0.25, -0.2) is 0 Å². The first-order valence-electron chi connectivity index (χ1n) is 4.04. The van der Waals surface area contributed by atoms with Gasteiger partial charge in [0.1, 0.15) is 0 Å². The molecule has 0 fully saturated rings. The zero-order valence-corrected chi connectivity index (χ0v) is 10.3. The fourth-order valence-corrected chi connectivity index (χ4v) is 6.67. The molecule has 0 spiro atoms. The first-order valence-corrected chi connectivity index (χ1v) is 9.24. The quantitative estimate of drug-likeness (QED) is 0.700. The Morgan fingerprint density at radius 3 is 1.50 bits per heavy atom. The molecule has 0 atom stereocenters. The van der Waals surface area contributed by atoms with Crippen molar-refractivity contribution in [2.75, 3.05) is 0 Å². The summed E-state index contributed by atoms with van der Waals surface area (Å²) in [6.45, 7) is 8.61. The van der Waals surface area contributed by atoms with Crippen molar-refractivity contribution in [2.45, 2.75) is 36.6 Å². The summed E-state index contributed by atoms with van der Waals surface area (Å²) < 4.78 is 13.4. The molecule has 10 heavy (non-hydrogen) atoms. The molecule has 0 aromatic heterocycles. The Morgan fingerprint density at radius 1 is 1.00 bits per heavy atom. The summed E-state index contributed by atoms with van der Waals surface area (Å²) in [5.41, 5.74) is 0. The average molecular weight is 249 g/mol. The predicted octanol–water partition coefficient (Wildman–Crippen LogP) is 2.72. The first-order chi connectivity index (χ1) is 4.52. The van der Waals surface area contributed by atoms with E-state index < -0.39 is 19.7 Å². The molecule has 60 valence electrons. The van der Waals surface area contributed by atoms with Gasteiger partial charge in [0.2, 0.25) is 0 Å². The van der Waals surface area contributed by atoms with Gasteiger partial charge in [0.05, 0.1) is 0 Å². The topological polar surface area (TPSA) is 17.1 Å². The maximum absolute atomic E-state index is 11.3. The molecule has 0 heterocycles. The molecule has 2 heteroatoms. The molecular formula is C8H18OSn. The minimum absolute atomic E-state index is 0.644. The van der Waals surface area contributed by atoms with Crippen molar-refractivity contribution in [3.05, 3.63) is 0 Å². The van der Waals surface area contributed by atoms with Crippen molar-refractivity contribution in [3.8, 4) is 0 Å². The molecule has 0 amide bonds. The standard InChI is InChI=1S/2C4H9.O.Sn/c2*1-4(2)3;;/h2*4H,1H2,2-3H3;;. The molecule has 0 aromatic rings. The summed E-state index contributed by atoms with van der Waals surface area (Å²) in [6.07, 6.45) is 0. The number of rotatable bonds is 4. The van der Waals surface area contributed by atoms with Crippen molar-refractivity contribution in [1.82, 2.24) is 0 Å². The third-order valence-corrected chi connectivity index (χ3v) is 8.53. The molecule has 0 aliphatic rings. The van der Waals surface area contributed by atoms with E-state index in [1.54, 1.807) is 0 Å². The Labute approximate surface area is 71.3 Å². The predicted molar refractivity (Wildman–Crippen MR) is 45.7 cm³/mol. The van der Waals surface area contributed by atoms with Crippen LogP contribution in [0.3, 0.4) is 0 Å². The van der Waals surface area contributed by atoms with E-state index in [4.69, 9.17) is 0 Å². The molecule has 0 unspecified atom stereocenters. The van der Waals surface area contributed by atoms with Gasteiger partial charge < -0.3 is 0 Å². The molecule has 0 rings (SSSR count). The molecule has 0 saturated carbocycles. The molecule has 0 aliphatic carbocycles. The van der Waals surface area contributed by atoms with Crippen LogP contribution in [0.1, 0.15) is 27.7 Å². The number of hydrogen-bond acceptors (Lipinski definition) is 1. The molecular weight excluding hydrogens is 231 g/mol. The summed E-state index contributed by atoms with van der Waals surface area (Å²) in [4.78, 5) is 0. The second-order valence-electron chi connectivity index (χ2n) is 3.73. The minimum atomic E-state index is -2.08. The fraction of sp³-hybridized carbons (Fsp3) is 1.00. The van der Waals surface area contributed by atoms with Crippen LogP contribution in [0.2, 0.25) is 8.87 Å². The Kier molecular flexibility index (Phi) is 5.59. The first kappa shape index (κ1) is 10.6. The van der Waals surface area contributed by atoms with Gasteiger partial charge in [-0.15, -0.1) is 0 Å². The van der Waals surface area contributed by atoms with Crippen molar-refractivity contribution in [1.29, 1.82) is 0 Å². The van der Waals surface area contributed by atoms with Crippen LogP contribution >= 0.6 is 0 Å². The van der Waals surface area contributed by atoms with E-state index in [9.17, 15) is 3.08 Å². The van der Waals surface area contributed by atoms with Gasteiger partial charge in [-0.05, 0) is 0 Å². The zero-order chi connectivity index (χ0) is 8.15. The van der Waals surface area contributed by atoms with Crippen LogP contribution in [-0.2, 0) is 3.08 Å². The van der Waals surface area contributed by atoms with E-state index in [0.29, 0.717) is 11.8 Å². The fourth-order valence-electron chi connectivity index (χ4n) is 0.994. The monoisotopic (exact) mass is 250 g/mol. The molecule has 0 aromatic carbocycles. The van der Waals surface area contributed by atoms with Gasteiger partial charge in [-0.1, -0.05) is 0 Å². The van der Waals surface area contributed by atoms with Gasteiger partial charge in [-0.2, -0.15) is 0 Å². The van der Waals surface area contributed by atoms with Crippen molar-refractivity contribution in [2.24, 2.45) is 11.8 Å². The van der Waals surface area contributed by atoms with Crippen molar-refractivity contribution in [3.63, 3.8) is 0 Å². The molecule has 0 saturated heterocycles. The molecule has 0 radical (unpaired) electrons.